The summed E-state index contributed by atoms with van der Waals surface area (Å²) in [5.74, 6) is 0.835. The standard InChI is InChI=1S/C17H30N6S.HI/c1-5-22(6-2)9-7-8-14(3)20-16(18-4)19-12-15-13-23-10-11-24-17(23)21-15;/h10-11,13-14H,5-9,12H2,1-4H3,(H2,18,19,20);1H. The smallest absolute Gasteiger partial charge is 0.193 e. The summed E-state index contributed by atoms with van der Waals surface area (Å²) in [6.07, 6.45) is 6.42. The van der Waals surface area contributed by atoms with Crippen LogP contribution in [-0.4, -0.2) is 53.0 Å². The molecule has 2 aromatic heterocycles. The second-order valence-electron chi connectivity index (χ2n) is 5.97. The Labute approximate surface area is 172 Å². The third-order valence-electron chi connectivity index (χ3n) is 4.19. The van der Waals surface area contributed by atoms with Crippen molar-refractivity contribution in [3.05, 3.63) is 23.5 Å². The van der Waals surface area contributed by atoms with Gasteiger partial charge in [-0.05, 0) is 39.4 Å². The zero-order chi connectivity index (χ0) is 17.4. The van der Waals surface area contributed by atoms with Crippen LogP contribution in [0.2, 0.25) is 0 Å². The van der Waals surface area contributed by atoms with E-state index in [-0.39, 0.29) is 24.0 Å². The van der Waals surface area contributed by atoms with Crippen molar-refractivity contribution in [3.63, 3.8) is 0 Å². The number of halogens is 1. The SMILES string of the molecule is CCN(CC)CCCC(C)NC(=NC)NCc1cn2ccsc2n1.I. The second-order valence-corrected chi connectivity index (χ2v) is 6.84. The molecule has 0 aliphatic heterocycles. The highest BCUT2D eigenvalue weighted by Gasteiger charge is 2.08. The van der Waals surface area contributed by atoms with Gasteiger partial charge in [0.05, 0.1) is 12.2 Å². The number of aromatic nitrogens is 2. The van der Waals surface area contributed by atoms with Crippen molar-refractivity contribution in [2.24, 2.45) is 4.99 Å². The highest BCUT2D eigenvalue weighted by Crippen LogP contribution is 2.11. The molecule has 25 heavy (non-hydrogen) atoms. The molecule has 1 unspecified atom stereocenters. The van der Waals surface area contributed by atoms with E-state index in [0.29, 0.717) is 12.6 Å². The summed E-state index contributed by atoms with van der Waals surface area (Å²) in [6.45, 7) is 10.7. The van der Waals surface area contributed by atoms with Gasteiger partial charge >= 0.3 is 0 Å². The first-order valence-corrected chi connectivity index (χ1v) is 9.64. The van der Waals surface area contributed by atoms with E-state index >= 15 is 0 Å². The maximum atomic E-state index is 4.58. The van der Waals surface area contributed by atoms with Crippen molar-refractivity contribution in [3.8, 4) is 0 Å². The lowest BCUT2D eigenvalue weighted by atomic mass is 10.2. The number of guanidine groups is 1. The molecule has 2 N–H and O–H groups in total. The Morgan fingerprint density at radius 2 is 2.16 bits per heavy atom. The minimum Gasteiger partial charge on any atom is -0.354 e. The van der Waals surface area contributed by atoms with Crippen molar-refractivity contribution in [2.75, 3.05) is 26.7 Å². The molecule has 2 rings (SSSR count). The fourth-order valence-electron chi connectivity index (χ4n) is 2.70. The molecular weight excluding hydrogens is 447 g/mol. The third kappa shape index (κ3) is 7.10. The summed E-state index contributed by atoms with van der Waals surface area (Å²) >= 11 is 1.65. The molecule has 2 heterocycles. The van der Waals surface area contributed by atoms with Crippen LogP contribution in [0.15, 0.2) is 22.8 Å². The molecular formula is C17H31IN6S. The fraction of sp³-hybridized carbons (Fsp3) is 0.647. The number of nitrogens with one attached hydrogen (secondary N) is 2. The Morgan fingerprint density at radius 1 is 1.40 bits per heavy atom. The first kappa shape index (κ1) is 22.2. The number of nitrogens with zero attached hydrogens (tertiary/aromatic N) is 4. The van der Waals surface area contributed by atoms with Crippen LogP contribution >= 0.6 is 35.3 Å². The van der Waals surface area contributed by atoms with Crippen LogP contribution < -0.4 is 10.6 Å². The third-order valence-corrected chi connectivity index (χ3v) is 4.96. The molecule has 0 aliphatic carbocycles. The Morgan fingerprint density at radius 3 is 2.80 bits per heavy atom. The van der Waals surface area contributed by atoms with Gasteiger partial charge in [-0.2, -0.15) is 0 Å². The van der Waals surface area contributed by atoms with Gasteiger partial charge in [-0.25, -0.2) is 4.98 Å². The zero-order valence-electron chi connectivity index (χ0n) is 15.7. The van der Waals surface area contributed by atoms with Gasteiger partial charge in [0.15, 0.2) is 10.9 Å². The zero-order valence-corrected chi connectivity index (χ0v) is 18.8. The molecule has 6 nitrogen and oxygen atoms in total. The monoisotopic (exact) mass is 478 g/mol. The van der Waals surface area contributed by atoms with E-state index in [4.69, 9.17) is 0 Å². The molecule has 0 fully saturated rings. The maximum absolute atomic E-state index is 4.58. The average Bonchev–Trinajstić information content (AvgIpc) is 3.17. The van der Waals surface area contributed by atoms with E-state index in [1.165, 1.54) is 6.42 Å². The number of thiazole rings is 1. The predicted molar refractivity (Wildman–Crippen MR) is 118 cm³/mol. The molecule has 8 heteroatoms. The lowest BCUT2D eigenvalue weighted by molar-refractivity contribution is 0.292. The molecule has 0 radical (unpaired) electrons. The van der Waals surface area contributed by atoms with Gasteiger partial charge < -0.3 is 15.5 Å². The fourth-order valence-corrected chi connectivity index (χ4v) is 3.42. The summed E-state index contributed by atoms with van der Waals surface area (Å²) < 4.78 is 2.05. The lowest BCUT2D eigenvalue weighted by Gasteiger charge is -2.21. The van der Waals surface area contributed by atoms with Crippen LogP contribution in [0.5, 0.6) is 0 Å². The normalized spacial score (nSPS) is 13.1. The van der Waals surface area contributed by atoms with Gasteiger partial charge in [-0.15, -0.1) is 35.3 Å². The minimum atomic E-state index is 0. The van der Waals surface area contributed by atoms with Gasteiger partial charge in [-0.3, -0.25) is 9.39 Å². The molecule has 0 amide bonds. The largest absolute Gasteiger partial charge is 0.354 e. The summed E-state index contributed by atoms with van der Waals surface area (Å²) in [7, 11) is 1.81. The van der Waals surface area contributed by atoms with Gasteiger partial charge in [0.25, 0.3) is 0 Å². The molecule has 1 atom stereocenters. The quantitative estimate of drug-likeness (QED) is 0.330. The second kappa shape index (κ2) is 11.7. The van der Waals surface area contributed by atoms with Crippen LogP contribution in [-0.2, 0) is 6.54 Å². The minimum absolute atomic E-state index is 0. The van der Waals surface area contributed by atoms with Crippen LogP contribution in [0.3, 0.4) is 0 Å². The molecule has 0 spiro atoms. The molecule has 142 valence electrons. The van der Waals surface area contributed by atoms with E-state index in [0.717, 1.165) is 42.7 Å². The van der Waals surface area contributed by atoms with E-state index in [9.17, 15) is 0 Å². The lowest BCUT2D eigenvalue weighted by Crippen LogP contribution is -2.42. The molecule has 2 aromatic rings. The van der Waals surface area contributed by atoms with Crippen LogP contribution in [0, 0.1) is 0 Å². The molecule has 0 bridgehead atoms. The van der Waals surface area contributed by atoms with Crippen LogP contribution in [0.25, 0.3) is 4.96 Å². The van der Waals surface area contributed by atoms with Crippen molar-refractivity contribution >= 4 is 46.2 Å². The number of hydrogen-bond acceptors (Lipinski definition) is 4. The average molecular weight is 478 g/mol. The number of aliphatic imine (C=N–C) groups is 1. The Bertz CT molecular complexity index is 605. The number of rotatable bonds is 9. The highest BCUT2D eigenvalue weighted by atomic mass is 127. The van der Waals surface area contributed by atoms with Gasteiger partial charge in [-0.1, -0.05) is 13.8 Å². The summed E-state index contributed by atoms with van der Waals surface area (Å²) in [6, 6.07) is 0.400. The Kier molecular flexibility index (Phi) is 10.4. The first-order valence-electron chi connectivity index (χ1n) is 8.76. The highest BCUT2D eigenvalue weighted by molar-refractivity contribution is 14.0. The first-order chi connectivity index (χ1) is 11.7. The van der Waals surface area contributed by atoms with Crippen molar-refractivity contribution < 1.29 is 0 Å². The van der Waals surface area contributed by atoms with Crippen molar-refractivity contribution in [1.29, 1.82) is 0 Å². The topological polar surface area (TPSA) is 57.0 Å². The van der Waals surface area contributed by atoms with Crippen molar-refractivity contribution in [1.82, 2.24) is 24.9 Å². The van der Waals surface area contributed by atoms with Crippen molar-refractivity contribution in [2.45, 2.75) is 46.2 Å². The summed E-state index contributed by atoms with van der Waals surface area (Å²) in [5.41, 5.74) is 1.03. The van der Waals surface area contributed by atoms with Crippen LogP contribution in [0.1, 0.15) is 39.3 Å². The summed E-state index contributed by atoms with van der Waals surface area (Å²) in [5, 5.41) is 8.85. The van der Waals surface area contributed by atoms with E-state index in [2.05, 4.69) is 52.5 Å². The molecule has 0 aliphatic rings. The molecule has 0 aromatic carbocycles. The maximum Gasteiger partial charge on any atom is 0.193 e. The van der Waals surface area contributed by atoms with E-state index < -0.39 is 0 Å². The number of hydrogen-bond donors (Lipinski definition) is 2. The Balaban J connectivity index is 0.00000312. The molecule has 0 saturated carbocycles. The predicted octanol–water partition coefficient (Wildman–Crippen LogP) is 3.19. The van der Waals surface area contributed by atoms with Crippen LogP contribution in [0.4, 0.5) is 0 Å². The number of imidazole rings is 1. The van der Waals surface area contributed by atoms with E-state index in [1.54, 1.807) is 11.3 Å². The summed E-state index contributed by atoms with van der Waals surface area (Å²) in [4.78, 5) is 12.4. The van der Waals surface area contributed by atoms with E-state index in [1.807, 2.05) is 23.0 Å². The van der Waals surface area contributed by atoms with Gasteiger partial charge in [0, 0.05) is 30.9 Å². The molecule has 0 saturated heterocycles. The van der Waals surface area contributed by atoms with Gasteiger partial charge in [0.2, 0.25) is 0 Å². The number of fused-ring (bicyclic) bond motifs is 1. The Hall–Kier alpha value is -0.870. The van der Waals surface area contributed by atoms with Gasteiger partial charge in [0.1, 0.15) is 0 Å².